The fourth-order valence-electron chi connectivity index (χ4n) is 3.54. The van der Waals surface area contributed by atoms with E-state index in [-0.39, 0.29) is 12.4 Å². The second-order valence-corrected chi connectivity index (χ2v) is 8.12. The van der Waals surface area contributed by atoms with E-state index in [9.17, 15) is 4.39 Å². The molecule has 2 N–H and O–H groups in total. The van der Waals surface area contributed by atoms with E-state index in [1.54, 1.807) is 25.3 Å². The Morgan fingerprint density at radius 3 is 2.61 bits per heavy atom. The zero-order valence-corrected chi connectivity index (χ0v) is 18.8. The zero-order valence-electron chi connectivity index (χ0n) is 17.3. The molecule has 0 amide bonds. The molecule has 3 aromatic carbocycles. The lowest BCUT2D eigenvalue weighted by molar-refractivity contribution is 0.279. The Labute approximate surface area is 189 Å². The Morgan fingerprint density at radius 2 is 1.77 bits per heavy atom. The molecule has 1 heterocycles. The van der Waals surface area contributed by atoms with Crippen molar-refractivity contribution in [2.24, 2.45) is 0 Å². The van der Waals surface area contributed by atoms with Gasteiger partial charge in [0.2, 0.25) is 0 Å². The van der Waals surface area contributed by atoms with E-state index < -0.39 is 0 Å². The predicted molar refractivity (Wildman–Crippen MR) is 125 cm³/mol. The summed E-state index contributed by atoms with van der Waals surface area (Å²) in [5.74, 6) is 0.907. The van der Waals surface area contributed by atoms with Crippen molar-refractivity contribution in [3.05, 3.63) is 93.8 Å². The number of hydrogen-bond acceptors (Lipinski definition) is 3. The quantitative estimate of drug-likeness (QED) is 0.288. The average Bonchev–Trinajstić information content (AvgIpc) is 3.20. The number of methoxy groups -OCH3 is 1. The molecular weight excluding hydrogens is 459 g/mol. The first kappa shape index (κ1) is 21.4. The van der Waals surface area contributed by atoms with Crippen molar-refractivity contribution in [1.29, 1.82) is 0 Å². The third-order valence-electron chi connectivity index (χ3n) is 5.24. The maximum absolute atomic E-state index is 13.8. The number of halogens is 2. The standard InChI is InChI=1S/C25H24BrFN2O2/c1-30-24-12-19(14-28-11-10-17-15-29-23-9-5-3-7-20(17)23)21(26)13-25(24)31-16-18-6-2-4-8-22(18)27/h2-9,12-13,15,28-29H,10-11,14,16H2,1H3. The maximum atomic E-state index is 13.8. The number of aromatic amines is 1. The summed E-state index contributed by atoms with van der Waals surface area (Å²) in [6, 6.07) is 18.7. The van der Waals surface area contributed by atoms with E-state index >= 15 is 0 Å². The predicted octanol–water partition coefficient (Wildman–Crippen LogP) is 5.99. The van der Waals surface area contributed by atoms with Gasteiger partial charge in [-0.2, -0.15) is 0 Å². The van der Waals surface area contributed by atoms with Crippen LogP contribution in [0.3, 0.4) is 0 Å². The van der Waals surface area contributed by atoms with Crippen molar-refractivity contribution in [3.63, 3.8) is 0 Å². The SMILES string of the molecule is COc1cc(CNCCc2c[nH]c3ccccc23)c(Br)cc1OCc1ccccc1F. The molecule has 0 spiro atoms. The van der Waals surface area contributed by atoms with Crippen molar-refractivity contribution in [2.45, 2.75) is 19.6 Å². The monoisotopic (exact) mass is 482 g/mol. The number of hydrogen-bond donors (Lipinski definition) is 2. The molecule has 31 heavy (non-hydrogen) atoms. The Bertz CT molecular complexity index is 1180. The molecular formula is C25H24BrFN2O2. The second-order valence-electron chi connectivity index (χ2n) is 7.26. The van der Waals surface area contributed by atoms with Crippen molar-refractivity contribution < 1.29 is 13.9 Å². The van der Waals surface area contributed by atoms with E-state index in [1.807, 2.05) is 18.2 Å². The van der Waals surface area contributed by atoms with E-state index in [0.717, 1.165) is 28.5 Å². The summed E-state index contributed by atoms with van der Waals surface area (Å²) in [7, 11) is 1.60. The number of benzene rings is 3. The fraction of sp³-hybridized carbons (Fsp3) is 0.200. The van der Waals surface area contributed by atoms with Crippen LogP contribution < -0.4 is 14.8 Å². The molecule has 0 atom stereocenters. The number of fused-ring (bicyclic) bond motifs is 1. The molecule has 4 aromatic rings. The van der Waals surface area contributed by atoms with Gasteiger partial charge in [-0.15, -0.1) is 0 Å². The van der Waals surface area contributed by atoms with Crippen molar-refractivity contribution in [2.75, 3.05) is 13.7 Å². The molecule has 4 nitrogen and oxygen atoms in total. The number of aromatic nitrogens is 1. The third-order valence-corrected chi connectivity index (χ3v) is 5.97. The van der Waals surface area contributed by atoms with Crippen LogP contribution in [-0.2, 0) is 19.6 Å². The minimum atomic E-state index is -0.281. The van der Waals surface area contributed by atoms with Crippen molar-refractivity contribution in [1.82, 2.24) is 10.3 Å². The van der Waals surface area contributed by atoms with Crippen LogP contribution in [0.15, 0.2) is 71.3 Å². The van der Waals surface area contributed by atoms with Gasteiger partial charge in [0, 0.05) is 33.7 Å². The fourth-order valence-corrected chi connectivity index (χ4v) is 4.00. The summed E-state index contributed by atoms with van der Waals surface area (Å²) < 4.78 is 26.1. The summed E-state index contributed by atoms with van der Waals surface area (Å²) in [5.41, 5.74) is 4.03. The van der Waals surface area contributed by atoms with Gasteiger partial charge < -0.3 is 19.8 Å². The third kappa shape index (κ3) is 5.09. The Kier molecular flexibility index (Phi) is 6.89. The van der Waals surface area contributed by atoms with Crippen LogP contribution in [0.2, 0.25) is 0 Å². The summed E-state index contributed by atoms with van der Waals surface area (Å²) in [6.07, 6.45) is 3.01. The highest BCUT2D eigenvalue weighted by Gasteiger charge is 2.12. The molecule has 0 aliphatic carbocycles. The first-order chi connectivity index (χ1) is 15.2. The number of para-hydroxylation sites is 1. The van der Waals surface area contributed by atoms with E-state index in [1.165, 1.54) is 17.0 Å². The van der Waals surface area contributed by atoms with Gasteiger partial charge in [0.1, 0.15) is 12.4 Å². The molecule has 0 radical (unpaired) electrons. The van der Waals surface area contributed by atoms with Gasteiger partial charge >= 0.3 is 0 Å². The highest BCUT2D eigenvalue weighted by atomic mass is 79.9. The lowest BCUT2D eigenvalue weighted by Crippen LogP contribution is -2.17. The Morgan fingerprint density at radius 1 is 0.968 bits per heavy atom. The van der Waals surface area contributed by atoms with Gasteiger partial charge in [-0.05, 0) is 48.4 Å². The number of rotatable bonds is 9. The zero-order chi connectivity index (χ0) is 21.6. The number of ether oxygens (including phenoxy) is 2. The summed E-state index contributed by atoms with van der Waals surface area (Å²) in [4.78, 5) is 3.32. The second kappa shape index (κ2) is 9.98. The van der Waals surface area contributed by atoms with E-state index in [0.29, 0.717) is 23.6 Å². The molecule has 0 unspecified atom stereocenters. The van der Waals surface area contributed by atoms with Crippen LogP contribution in [0.1, 0.15) is 16.7 Å². The van der Waals surface area contributed by atoms with Gasteiger partial charge in [-0.1, -0.05) is 52.3 Å². The summed E-state index contributed by atoms with van der Waals surface area (Å²) >= 11 is 3.62. The first-order valence-corrected chi connectivity index (χ1v) is 10.9. The van der Waals surface area contributed by atoms with Crippen LogP contribution in [0.5, 0.6) is 11.5 Å². The number of H-pyrrole nitrogens is 1. The average molecular weight is 483 g/mol. The molecule has 0 saturated carbocycles. The highest BCUT2D eigenvalue weighted by Crippen LogP contribution is 2.34. The number of nitrogens with one attached hydrogen (secondary N) is 2. The van der Waals surface area contributed by atoms with Gasteiger partial charge in [0.05, 0.1) is 7.11 Å². The Hall–Kier alpha value is -2.83. The van der Waals surface area contributed by atoms with Gasteiger partial charge in [-0.3, -0.25) is 0 Å². The molecule has 0 aliphatic rings. The highest BCUT2D eigenvalue weighted by molar-refractivity contribution is 9.10. The van der Waals surface area contributed by atoms with Crippen LogP contribution >= 0.6 is 15.9 Å². The minimum absolute atomic E-state index is 0.137. The molecule has 0 fully saturated rings. The lowest BCUT2D eigenvalue weighted by atomic mass is 10.1. The summed E-state index contributed by atoms with van der Waals surface area (Å²) in [5, 5.41) is 4.76. The van der Waals surface area contributed by atoms with Gasteiger partial charge in [0.25, 0.3) is 0 Å². The Balaban J connectivity index is 1.36. The molecule has 160 valence electrons. The van der Waals surface area contributed by atoms with Gasteiger partial charge in [-0.25, -0.2) is 4.39 Å². The van der Waals surface area contributed by atoms with Crippen LogP contribution in [0.25, 0.3) is 10.9 Å². The van der Waals surface area contributed by atoms with Crippen molar-refractivity contribution in [3.8, 4) is 11.5 Å². The molecule has 4 rings (SSSR count). The van der Waals surface area contributed by atoms with Crippen LogP contribution in [0.4, 0.5) is 4.39 Å². The van der Waals surface area contributed by atoms with E-state index in [4.69, 9.17) is 9.47 Å². The van der Waals surface area contributed by atoms with Crippen LogP contribution in [-0.4, -0.2) is 18.6 Å². The van der Waals surface area contributed by atoms with E-state index in [2.05, 4.69) is 50.6 Å². The lowest BCUT2D eigenvalue weighted by Gasteiger charge is -2.15. The first-order valence-electron chi connectivity index (χ1n) is 10.1. The van der Waals surface area contributed by atoms with Crippen LogP contribution in [0, 0.1) is 5.82 Å². The molecule has 0 bridgehead atoms. The van der Waals surface area contributed by atoms with Crippen molar-refractivity contribution >= 4 is 26.8 Å². The van der Waals surface area contributed by atoms with Gasteiger partial charge in [0.15, 0.2) is 11.5 Å². The normalized spacial score (nSPS) is 11.1. The smallest absolute Gasteiger partial charge is 0.162 e. The summed E-state index contributed by atoms with van der Waals surface area (Å²) in [6.45, 7) is 1.67. The maximum Gasteiger partial charge on any atom is 0.162 e. The molecule has 1 aromatic heterocycles. The molecule has 0 aliphatic heterocycles. The minimum Gasteiger partial charge on any atom is -0.493 e. The molecule has 0 saturated heterocycles. The molecule has 6 heteroatoms. The topological polar surface area (TPSA) is 46.3 Å². The largest absolute Gasteiger partial charge is 0.493 e.